The quantitative estimate of drug-likeness (QED) is 0.0329. The summed E-state index contributed by atoms with van der Waals surface area (Å²) in [4.78, 5) is 38.1. The number of nitrogens with two attached hydrogens (primary N) is 3. The molecule has 0 aliphatic rings. The lowest BCUT2D eigenvalue weighted by atomic mass is 10.0. The Hall–Kier alpha value is -16.4. The smallest absolute Gasteiger partial charge is 0.219 e. The van der Waals surface area contributed by atoms with Crippen LogP contribution in [-0.2, 0) is 51.4 Å². The minimum Gasteiger partial charge on any atom is -0.508 e. The number of phenolic OH excluding ortho intramolecular Hbond substituents is 1. The van der Waals surface area contributed by atoms with Crippen LogP contribution in [0.4, 0.5) is 25.8 Å². The summed E-state index contributed by atoms with van der Waals surface area (Å²) in [6, 6.07) is 74.3. The van der Waals surface area contributed by atoms with Crippen molar-refractivity contribution in [1.29, 1.82) is 0 Å². The Morgan fingerprint density at radius 2 is 0.637 bits per heavy atom. The van der Waals surface area contributed by atoms with Crippen molar-refractivity contribution in [3.8, 4) is 74.3 Å². The van der Waals surface area contributed by atoms with Gasteiger partial charge in [-0.3, -0.25) is 17.6 Å². The Bertz CT molecular complexity index is 6910. The Labute approximate surface area is 708 Å². The first-order valence-corrected chi connectivity index (χ1v) is 39.8. The Morgan fingerprint density at radius 3 is 0.984 bits per heavy atom. The summed E-state index contributed by atoms with van der Waals surface area (Å²) >= 11 is 0. The van der Waals surface area contributed by atoms with Crippen molar-refractivity contribution in [3.05, 3.63) is 406 Å². The predicted octanol–water partition coefficient (Wildman–Crippen LogP) is 18.9. The molecule has 26 heteroatoms. The standard InChI is InChI=1S/C25H22N4O2.C25H21N3O3.2C24H19FN4O2/c1-16-19(10-5-11-20(16)26)23-15-29-24(21(27-23)13-17-7-3-2-4-8-17)28-22(25(29)30)14-18-9-6-12-31-18;1-16-19(10-5-11-23(16)29)22-15-28-24(20(26-22)13-17-7-3-2-4-8-17)27-21(25(28)30)14-18-9-6-12-31-18;25-18-9-8-16(12-19(18)26)22-14-29-23(20(27-22)11-15-5-2-1-3-6-15)28-21(24(29)30)13-17-7-4-10-31-17;25-17-10-16(11-18(26)12-17)22-14-29-23(20(27-22)9-15-5-2-1-3-6-15)28-21(24(29)30)13-19-7-4-8-31-19/h2-12,15,30H,13-14,26H2,1H3;2-12,15,29-30H,13-14H2,1H3;1-10,12,14,30H,11,13,26H2;1-8,10-12,14,30H,9,13,26H2. The van der Waals surface area contributed by atoms with Crippen LogP contribution in [0, 0.1) is 25.5 Å². The molecule has 0 radical (unpaired) electrons. The van der Waals surface area contributed by atoms with E-state index in [1.807, 2.05) is 190 Å². The van der Waals surface area contributed by atoms with Gasteiger partial charge >= 0.3 is 0 Å². The average molecular weight is 1650 g/mol. The Kier molecular flexibility index (Phi) is 22.8. The Morgan fingerprint density at radius 1 is 0.298 bits per heavy atom. The van der Waals surface area contributed by atoms with Gasteiger partial charge in [-0.05, 0) is 139 Å². The molecule has 8 aromatic carbocycles. The van der Waals surface area contributed by atoms with Gasteiger partial charge in [0, 0.05) is 89.7 Å². The maximum Gasteiger partial charge on any atom is 0.219 e. The van der Waals surface area contributed by atoms with Gasteiger partial charge in [-0.15, -0.1) is 0 Å². The first-order valence-electron chi connectivity index (χ1n) is 39.8. The topological polar surface area (TPSA) is 353 Å². The molecule has 12 aromatic heterocycles. The van der Waals surface area contributed by atoms with E-state index >= 15 is 0 Å². The van der Waals surface area contributed by atoms with Gasteiger partial charge in [-0.1, -0.05) is 146 Å². The molecule has 24 nitrogen and oxygen atoms in total. The van der Waals surface area contributed by atoms with E-state index in [2.05, 4.69) is 22.1 Å². The summed E-state index contributed by atoms with van der Waals surface area (Å²) in [5, 5.41) is 53.9. The van der Waals surface area contributed by atoms with Gasteiger partial charge in [-0.2, -0.15) is 0 Å². The van der Waals surface area contributed by atoms with Crippen LogP contribution in [0.5, 0.6) is 29.3 Å². The molecule has 0 fully saturated rings. The zero-order valence-electron chi connectivity index (χ0n) is 67.1. The lowest BCUT2D eigenvalue weighted by molar-refractivity contribution is 0.438. The normalized spacial score (nSPS) is 11.3. The fourth-order valence-electron chi connectivity index (χ4n) is 14.8. The number of fused-ring (bicyclic) bond motifs is 4. The second-order valence-corrected chi connectivity index (χ2v) is 29.7. The van der Waals surface area contributed by atoms with Crippen LogP contribution < -0.4 is 17.2 Å². The van der Waals surface area contributed by atoms with E-state index in [1.54, 1.807) is 97.6 Å². The van der Waals surface area contributed by atoms with E-state index < -0.39 is 11.6 Å². The molecule has 0 unspecified atom stereocenters. The number of hydrogen-bond donors (Lipinski definition) is 8. The largest absolute Gasteiger partial charge is 0.508 e. The molecule has 0 saturated heterocycles. The van der Waals surface area contributed by atoms with Crippen LogP contribution in [0.1, 0.15) is 102 Å². The number of imidazole rings is 4. The average Bonchev–Trinajstić information content (AvgIpc) is 1.62. The van der Waals surface area contributed by atoms with Crippen molar-refractivity contribution in [2.75, 3.05) is 17.2 Å². The SMILES string of the molecule is Cc1c(N)cccc1-c1cn2c(O)c(Cc3ccco3)nc2c(Cc2ccccc2)n1.Cc1c(O)cccc1-c1cn2c(O)c(Cc3ccco3)nc2c(Cc2ccccc2)n1.Nc1cc(-c2cn3c(O)c(Cc4ccco4)nc3c(Cc3ccccc3)n2)ccc1F.Nc1cc(F)cc(-c2cn3c(O)c(Cc4ccco4)nc3c(Cc3ccccc3)n2)c1. The number of halogens is 2. The van der Waals surface area contributed by atoms with Crippen LogP contribution in [0.25, 0.3) is 67.6 Å². The van der Waals surface area contributed by atoms with Gasteiger partial charge in [0.1, 0.15) is 63.2 Å². The van der Waals surface area contributed by atoms with Gasteiger partial charge in [0.25, 0.3) is 0 Å². The van der Waals surface area contributed by atoms with Crippen LogP contribution in [-0.4, -0.2) is 83.0 Å². The number of anilines is 3. The highest BCUT2D eigenvalue weighted by atomic mass is 19.1. The number of nitrogen functional groups attached to an aromatic ring is 3. The molecule has 0 spiro atoms. The van der Waals surface area contributed by atoms with Crippen molar-refractivity contribution in [2.24, 2.45) is 0 Å². The number of nitrogens with zero attached hydrogens (tertiary/aromatic N) is 12. The maximum atomic E-state index is 14.0. The number of phenols is 1. The van der Waals surface area contributed by atoms with Crippen molar-refractivity contribution < 1.29 is 52.0 Å². The van der Waals surface area contributed by atoms with Crippen LogP contribution in [0.2, 0.25) is 0 Å². The number of aromatic hydroxyl groups is 5. The third kappa shape index (κ3) is 17.6. The zero-order chi connectivity index (χ0) is 85.5. The lowest BCUT2D eigenvalue weighted by Gasteiger charge is -2.11. The number of hydrogen-bond acceptors (Lipinski definition) is 20. The van der Waals surface area contributed by atoms with Crippen LogP contribution >= 0.6 is 0 Å². The van der Waals surface area contributed by atoms with Crippen molar-refractivity contribution >= 4 is 39.7 Å². The summed E-state index contributed by atoms with van der Waals surface area (Å²) < 4.78 is 55.9. The molecule has 0 atom stereocenters. The fraction of sp³-hybridized carbons (Fsp3) is 0.102. The molecule has 0 amide bonds. The van der Waals surface area contributed by atoms with E-state index in [1.165, 1.54) is 24.3 Å². The van der Waals surface area contributed by atoms with Crippen LogP contribution in [0.15, 0.2) is 310 Å². The molecule has 0 aliphatic carbocycles. The number of aromatic nitrogens is 12. The van der Waals surface area contributed by atoms with Gasteiger partial charge in [0.2, 0.25) is 23.5 Å². The maximum absolute atomic E-state index is 14.0. The molecule has 0 aliphatic heterocycles. The summed E-state index contributed by atoms with van der Waals surface area (Å²) in [7, 11) is 0. The van der Waals surface area contributed by atoms with E-state index in [0.717, 1.165) is 73.1 Å². The van der Waals surface area contributed by atoms with E-state index in [0.29, 0.717) is 159 Å². The van der Waals surface area contributed by atoms with Gasteiger partial charge in [-0.25, -0.2) is 48.7 Å². The molecule has 11 N–H and O–H groups in total. The number of furan rings is 4. The molecule has 616 valence electrons. The highest BCUT2D eigenvalue weighted by molar-refractivity contribution is 5.73. The van der Waals surface area contributed by atoms with Crippen molar-refractivity contribution in [1.82, 2.24) is 57.5 Å². The first-order chi connectivity index (χ1) is 60.3. The third-order valence-corrected chi connectivity index (χ3v) is 21.2. The number of benzene rings is 8. The number of rotatable bonds is 20. The minimum atomic E-state index is -0.486. The van der Waals surface area contributed by atoms with E-state index in [4.69, 9.17) is 64.8 Å². The van der Waals surface area contributed by atoms with Gasteiger partial charge in [0.15, 0.2) is 22.6 Å². The summed E-state index contributed by atoms with van der Waals surface area (Å²) in [6.45, 7) is 3.83. The van der Waals surface area contributed by atoms with Crippen LogP contribution in [0.3, 0.4) is 0 Å². The van der Waals surface area contributed by atoms with Gasteiger partial charge in [0.05, 0.1) is 102 Å². The summed E-state index contributed by atoms with van der Waals surface area (Å²) in [5.41, 5.74) is 37.4. The molecule has 0 saturated carbocycles. The summed E-state index contributed by atoms with van der Waals surface area (Å²) in [5.74, 6) is 2.27. The van der Waals surface area contributed by atoms with Crippen molar-refractivity contribution in [3.63, 3.8) is 0 Å². The molecular weight excluding hydrogens is 1570 g/mol. The van der Waals surface area contributed by atoms with E-state index in [-0.39, 0.29) is 35.0 Å². The first kappa shape index (κ1) is 80.1. The Balaban J connectivity index is 0.000000117. The highest BCUT2D eigenvalue weighted by Crippen LogP contribution is 2.37. The predicted molar refractivity (Wildman–Crippen MR) is 468 cm³/mol. The third-order valence-electron chi connectivity index (χ3n) is 21.2. The van der Waals surface area contributed by atoms with E-state index in [9.17, 15) is 34.3 Å². The molecule has 20 rings (SSSR count). The highest BCUT2D eigenvalue weighted by Gasteiger charge is 2.26. The molecule has 0 bridgehead atoms. The lowest BCUT2D eigenvalue weighted by Crippen LogP contribution is -2.02. The fourth-order valence-corrected chi connectivity index (χ4v) is 14.8. The molecular formula is C98H81F2N15O9. The second kappa shape index (κ2) is 35.3. The van der Waals surface area contributed by atoms with Crippen molar-refractivity contribution in [2.45, 2.75) is 65.2 Å². The second-order valence-electron chi connectivity index (χ2n) is 29.7. The molecule has 12 heterocycles. The minimum absolute atomic E-state index is 0.00580. The molecule has 124 heavy (non-hydrogen) atoms. The molecule has 20 aromatic rings. The zero-order valence-corrected chi connectivity index (χ0v) is 67.1. The summed E-state index contributed by atoms with van der Waals surface area (Å²) in [6.07, 6.45) is 16.9. The monoisotopic (exact) mass is 1650 g/mol. The van der Waals surface area contributed by atoms with Gasteiger partial charge < -0.3 is 60.4 Å².